The van der Waals surface area contributed by atoms with E-state index in [0.29, 0.717) is 53.3 Å². The van der Waals surface area contributed by atoms with E-state index >= 15 is 0 Å². The van der Waals surface area contributed by atoms with E-state index in [0.717, 1.165) is 49.1 Å². The van der Waals surface area contributed by atoms with Gasteiger partial charge in [0.25, 0.3) is 0 Å². The van der Waals surface area contributed by atoms with Crippen LogP contribution in [0.2, 0.25) is 0 Å². The van der Waals surface area contributed by atoms with Gasteiger partial charge in [0.2, 0.25) is 11.4 Å². The number of aromatic nitrogens is 2. The summed E-state index contributed by atoms with van der Waals surface area (Å²) in [5.74, 6) is 0.983. The molecule has 8 aromatic heterocycles. The Balaban J connectivity index is 1.19. The molecule has 0 saturated heterocycles. The van der Waals surface area contributed by atoms with Gasteiger partial charge < -0.3 is 18.9 Å². The number of hydrogen-bond donors (Lipinski definition) is 0. The fraction of sp³-hybridized carbons (Fsp3) is 0.0870. The number of rotatable bonds is 10. The molecule has 0 bridgehead atoms. The van der Waals surface area contributed by atoms with E-state index < -0.39 is 12.2 Å². The van der Waals surface area contributed by atoms with Gasteiger partial charge in [-0.2, -0.15) is 21.0 Å². The van der Waals surface area contributed by atoms with Gasteiger partial charge >= 0.3 is 12.2 Å². The summed E-state index contributed by atoms with van der Waals surface area (Å²) >= 11 is 8.33. The molecule has 0 aliphatic carbocycles. The number of carbonyl (C=O) groups excluding carboxylic acids is 2. The summed E-state index contributed by atoms with van der Waals surface area (Å²) in [7, 11) is 3.05. The maximum absolute atomic E-state index is 14.5. The summed E-state index contributed by atoms with van der Waals surface area (Å²) in [5.41, 5.74) is 3.55. The number of nitriles is 4. The second kappa shape index (κ2) is 17.4. The predicted octanol–water partition coefficient (Wildman–Crippen LogP) is 13.4. The van der Waals surface area contributed by atoms with Crippen molar-refractivity contribution in [3.8, 4) is 55.3 Å². The molecule has 0 aliphatic rings. The van der Waals surface area contributed by atoms with E-state index in [2.05, 4.69) is 9.98 Å². The summed E-state index contributed by atoms with van der Waals surface area (Å²) < 4.78 is 31.5. The SMILES string of the molecule is COc1cc(N=C(C#N)C#N)sc1-c1cc2c(s1)c1sc3c(sc4c5sc(-c6sc(N=C(C#N)C#N)cc6OC)cc5n(C(=O)OCc5ccccc5)c43)c1n2C(=O)OCc1ccccc1. The average Bonchev–Trinajstić information content (AvgIpc) is 4.22. The molecule has 66 heavy (non-hydrogen) atoms. The van der Waals surface area contributed by atoms with Gasteiger partial charge in [-0.05, 0) is 23.3 Å². The maximum atomic E-state index is 14.5. The molecular weight excluding hydrogens is 953 g/mol. The van der Waals surface area contributed by atoms with Gasteiger partial charge in [0, 0.05) is 12.1 Å². The van der Waals surface area contributed by atoms with Crippen LogP contribution < -0.4 is 9.47 Å². The Morgan fingerprint density at radius 2 is 0.909 bits per heavy atom. The van der Waals surface area contributed by atoms with Crippen LogP contribution in [0, 0.1) is 45.3 Å². The van der Waals surface area contributed by atoms with E-state index in [1.165, 1.54) is 82.2 Å². The first-order valence-corrected chi connectivity index (χ1v) is 24.2. The van der Waals surface area contributed by atoms with Gasteiger partial charge in [-0.15, -0.1) is 68.0 Å². The summed E-state index contributed by atoms with van der Waals surface area (Å²) in [6.07, 6.45) is -1.19. The van der Waals surface area contributed by atoms with E-state index in [4.69, 9.17) is 18.9 Å². The Labute approximate surface area is 396 Å². The van der Waals surface area contributed by atoms with E-state index in [9.17, 15) is 30.6 Å². The molecule has 0 unspecified atom stereocenters. The third-order valence-corrected chi connectivity index (χ3v) is 17.6. The summed E-state index contributed by atoms with van der Waals surface area (Å²) in [6, 6.07) is 33.1. The molecule has 0 radical (unpaired) electrons. The molecule has 0 N–H and O–H groups in total. The molecule has 10 rings (SSSR count). The lowest BCUT2D eigenvalue weighted by molar-refractivity contribution is 0.142. The Morgan fingerprint density at radius 1 is 0.530 bits per heavy atom. The number of benzene rings is 2. The number of ether oxygens (including phenoxy) is 4. The standard InChI is InChI=1S/C46H24N8O6S6/c1-57-29-15-33(51-25(17-47)18-48)63-39(29)31-13-27-37(61-31)41-35(53(27)45(55)59-21-23-9-5-3-6-10-23)43-44(65-41)36-42(66-43)38-28(54(36)46(56)60-22-24-11-7-4-8-12-24)14-32(62-38)40-30(58-2)16-34(64-40)52-26(19-49)20-50/h3-16H,21-22H2,1-2H3. The van der Waals surface area contributed by atoms with Crippen molar-refractivity contribution < 1.29 is 28.5 Å². The highest BCUT2D eigenvalue weighted by atomic mass is 32.1. The Kier molecular flexibility index (Phi) is 11.1. The molecule has 2 aromatic carbocycles. The first-order valence-electron chi connectivity index (χ1n) is 19.3. The maximum Gasteiger partial charge on any atom is 0.419 e. The highest BCUT2D eigenvalue weighted by Crippen LogP contribution is 2.56. The van der Waals surface area contributed by atoms with Crippen molar-refractivity contribution in [2.24, 2.45) is 9.98 Å². The molecule has 14 nitrogen and oxygen atoms in total. The minimum atomic E-state index is -0.593. The zero-order valence-electron chi connectivity index (χ0n) is 34.0. The van der Waals surface area contributed by atoms with Crippen molar-refractivity contribution in [2.45, 2.75) is 13.2 Å². The number of carbonyl (C=O) groups is 2. The van der Waals surface area contributed by atoms with Crippen LogP contribution in [0.25, 0.3) is 69.8 Å². The molecule has 0 amide bonds. The quantitative estimate of drug-likeness (QED) is 0.119. The molecule has 20 heteroatoms. The normalized spacial score (nSPS) is 11.1. The van der Waals surface area contributed by atoms with Crippen LogP contribution >= 0.6 is 68.0 Å². The first kappa shape index (κ1) is 42.3. The van der Waals surface area contributed by atoms with Crippen molar-refractivity contribution in [1.29, 1.82) is 21.0 Å². The second-order valence-electron chi connectivity index (χ2n) is 14.0. The lowest BCUT2D eigenvalue weighted by atomic mass is 10.2. The Hall–Kier alpha value is -7.66. The lowest BCUT2D eigenvalue weighted by Gasteiger charge is -2.08. The van der Waals surface area contributed by atoms with Crippen molar-refractivity contribution >= 4 is 152 Å². The highest BCUT2D eigenvalue weighted by Gasteiger charge is 2.32. The fourth-order valence-electron chi connectivity index (χ4n) is 7.31. The van der Waals surface area contributed by atoms with Gasteiger partial charge in [-0.1, -0.05) is 60.7 Å². The monoisotopic (exact) mass is 976 g/mol. The Bertz CT molecular complexity index is 3570. The third kappa shape index (κ3) is 7.24. The van der Waals surface area contributed by atoms with Crippen molar-refractivity contribution in [2.75, 3.05) is 14.2 Å². The van der Waals surface area contributed by atoms with Crippen molar-refractivity contribution in [3.63, 3.8) is 0 Å². The van der Waals surface area contributed by atoms with Crippen LogP contribution in [0.5, 0.6) is 11.5 Å². The van der Waals surface area contributed by atoms with Crippen LogP contribution in [0.3, 0.4) is 0 Å². The van der Waals surface area contributed by atoms with Crippen LogP contribution in [-0.2, 0) is 22.7 Å². The zero-order valence-corrected chi connectivity index (χ0v) is 38.9. The molecule has 8 heterocycles. The van der Waals surface area contributed by atoms with Gasteiger partial charge in [0.05, 0.1) is 84.0 Å². The van der Waals surface area contributed by atoms with Crippen LogP contribution in [0.15, 0.2) is 94.9 Å². The predicted molar refractivity (Wildman–Crippen MR) is 262 cm³/mol. The molecule has 0 fully saturated rings. The Morgan fingerprint density at radius 3 is 1.27 bits per heavy atom. The van der Waals surface area contributed by atoms with Crippen LogP contribution in [0.4, 0.5) is 19.6 Å². The van der Waals surface area contributed by atoms with E-state index in [1.807, 2.05) is 72.8 Å². The minimum Gasteiger partial charge on any atom is -0.495 e. The summed E-state index contributed by atoms with van der Waals surface area (Å²) in [5, 5.41) is 38.3. The van der Waals surface area contributed by atoms with E-state index in [-0.39, 0.29) is 24.6 Å². The molecule has 320 valence electrons. The lowest BCUT2D eigenvalue weighted by Crippen LogP contribution is -2.13. The summed E-state index contributed by atoms with van der Waals surface area (Å²) in [4.78, 5) is 40.4. The molecule has 0 saturated carbocycles. The number of thiophene rings is 6. The molecular formula is C46H24N8O6S6. The number of nitrogens with zero attached hydrogens (tertiary/aromatic N) is 8. The topological polar surface area (TPSA) is 201 Å². The van der Waals surface area contributed by atoms with Crippen molar-refractivity contribution in [3.05, 3.63) is 96.1 Å². The van der Waals surface area contributed by atoms with E-state index in [1.54, 1.807) is 45.5 Å². The third-order valence-electron chi connectivity index (χ3n) is 10.1. The summed E-state index contributed by atoms with van der Waals surface area (Å²) in [6.45, 7) is 0.0599. The van der Waals surface area contributed by atoms with Gasteiger partial charge in [0.15, 0.2) is 0 Å². The minimum absolute atomic E-state index is 0.0300. The molecule has 0 atom stereocenters. The number of methoxy groups -OCH3 is 2. The van der Waals surface area contributed by atoms with Gasteiger partial charge in [-0.25, -0.2) is 28.7 Å². The van der Waals surface area contributed by atoms with Crippen molar-refractivity contribution in [1.82, 2.24) is 9.13 Å². The number of aliphatic imine (C=N–C) groups is 2. The second-order valence-corrected chi connectivity index (χ2v) is 20.2. The molecule has 0 aliphatic heterocycles. The number of hydrogen-bond acceptors (Lipinski definition) is 18. The van der Waals surface area contributed by atoms with Crippen LogP contribution in [0.1, 0.15) is 11.1 Å². The highest BCUT2D eigenvalue weighted by molar-refractivity contribution is 7.41. The van der Waals surface area contributed by atoms with Gasteiger partial charge in [-0.3, -0.25) is 0 Å². The van der Waals surface area contributed by atoms with Crippen LogP contribution in [-0.4, -0.2) is 47.0 Å². The first-order chi connectivity index (χ1) is 32.2. The smallest absolute Gasteiger partial charge is 0.419 e. The molecule has 0 spiro atoms. The number of fused-ring (bicyclic) bond motifs is 9. The largest absolute Gasteiger partial charge is 0.495 e. The van der Waals surface area contributed by atoms with Gasteiger partial charge in [0.1, 0.15) is 59.0 Å². The molecule has 10 aromatic rings. The average molecular weight is 977 g/mol. The zero-order chi connectivity index (χ0) is 45.6. The fourth-order valence-corrected chi connectivity index (χ4v) is 14.9.